The highest BCUT2D eigenvalue weighted by Crippen LogP contribution is 2.60. The maximum atomic E-state index is 12.9. The number of nitrogen functional groups attached to an aromatic ring is 1. The van der Waals surface area contributed by atoms with Crippen molar-refractivity contribution in [2.24, 2.45) is 5.92 Å². The standard InChI is InChI=1S/C54H89N3O16P2/c1-4-5-6-7-25-30-35-45(58)36-31-26-21-17-14-15-18-22-27-32-37-49(59)68-41-46(71-50(60)38-33-28-23-19-13-11-9-8-10-12-16-20-24-29-34-44(2)3)42-69-74(64,65)73-75(66,67)70-43-47-51(61)52(62)53(72-47)57-40-39-48(55)56-54(57)63/h5-6,14-15,21-22,25-27,30-31,36,39-40,44-47,51-53,58,61-62H,4,7-13,16-20,23-24,28-29,32-35,37-38,41-43H2,1-3H3,(H,64,65)(H,66,67)(H2,55,56,63)/b6-5-,15-14-,26-21-,27-22-,30-25-,36-31+/t45?,46-,47-,51-,52-,53-/m1/s1. The fourth-order valence-corrected chi connectivity index (χ4v) is 9.78. The lowest BCUT2D eigenvalue weighted by Gasteiger charge is -2.21. The summed E-state index contributed by atoms with van der Waals surface area (Å²) in [6.07, 6.45) is 37.4. The molecule has 8 atom stereocenters. The molecule has 0 aliphatic carbocycles. The van der Waals surface area contributed by atoms with E-state index >= 15 is 0 Å². The Balaban J connectivity index is 1.82. The van der Waals surface area contributed by atoms with Crippen LogP contribution in [-0.2, 0) is 46.3 Å². The van der Waals surface area contributed by atoms with Gasteiger partial charge in [-0.1, -0.05) is 184 Å². The number of carbonyl (C=O) groups is 2. The summed E-state index contributed by atoms with van der Waals surface area (Å²) in [5, 5.41) is 31.0. The molecule has 1 aromatic heterocycles. The molecule has 0 saturated carbocycles. The van der Waals surface area contributed by atoms with Gasteiger partial charge in [-0.3, -0.25) is 23.2 Å². The van der Waals surface area contributed by atoms with Crippen molar-refractivity contribution in [3.63, 3.8) is 0 Å². The van der Waals surface area contributed by atoms with E-state index in [1.54, 1.807) is 6.08 Å². The number of aliphatic hydroxyl groups is 3. The topological polar surface area (TPSA) is 286 Å². The van der Waals surface area contributed by atoms with Crippen LogP contribution in [0, 0.1) is 5.92 Å². The highest BCUT2D eigenvalue weighted by Gasteiger charge is 2.46. The van der Waals surface area contributed by atoms with E-state index < -0.39 is 89.8 Å². The first-order valence-electron chi connectivity index (χ1n) is 26.9. The Kier molecular flexibility index (Phi) is 36.2. The molecule has 2 rings (SSSR count). The zero-order valence-electron chi connectivity index (χ0n) is 44.6. The predicted molar refractivity (Wildman–Crippen MR) is 290 cm³/mol. The van der Waals surface area contributed by atoms with E-state index in [2.05, 4.69) is 42.2 Å². The number of esters is 2. The molecule has 0 aromatic carbocycles. The molecule has 19 nitrogen and oxygen atoms in total. The van der Waals surface area contributed by atoms with Crippen molar-refractivity contribution in [1.82, 2.24) is 9.55 Å². The number of allylic oxidation sites excluding steroid dienone is 10. The number of hydrogen-bond donors (Lipinski definition) is 6. The SMILES string of the molecule is CC/C=C\C/C=C\CC(O)/C=C/C=C\C/C=C\C/C=C\CCC(=O)OC[C@H](COP(=O)(O)OP(=O)(O)OC[C@H]1O[C@@H](n2ccc(N)nc2=O)[C@H](O)[C@@H]1O)OC(=O)CCCCCCCCCCCCCCCCC(C)C. The van der Waals surface area contributed by atoms with Gasteiger partial charge in [0, 0.05) is 19.0 Å². The second-order valence-electron chi connectivity index (χ2n) is 19.0. The third-order valence-electron chi connectivity index (χ3n) is 11.8. The molecule has 426 valence electrons. The van der Waals surface area contributed by atoms with Crippen molar-refractivity contribution >= 4 is 33.4 Å². The van der Waals surface area contributed by atoms with Gasteiger partial charge in [0.15, 0.2) is 12.3 Å². The maximum absolute atomic E-state index is 12.9. The number of carbonyl (C=O) groups excluding carboxylic acids is 2. The van der Waals surface area contributed by atoms with Gasteiger partial charge in [0.2, 0.25) is 0 Å². The molecular formula is C54H89N3O16P2. The van der Waals surface area contributed by atoms with Gasteiger partial charge in [0.05, 0.1) is 19.3 Å². The minimum Gasteiger partial charge on any atom is -0.462 e. The number of aliphatic hydroxyl groups excluding tert-OH is 3. The smallest absolute Gasteiger partial charge is 0.462 e. The van der Waals surface area contributed by atoms with Crippen LogP contribution in [0.4, 0.5) is 5.82 Å². The Morgan fingerprint density at radius 2 is 1.32 bits per heavy atom. The number of anilines is 1. The summed E-state index contributed by atoms with van der Waals surface area (Å²) in [6, 6.07) is 1.24. The molecule has 0 spiro atoms. The van der Waals surface area contributed by atoms with Crippen molar-refractivity contribution in [3.05, 3.63) is 95.7 Å². The lowest BCUT2D eigenvalue weighted by atomic mass is 10.0. The molecule has 21 heteroatoms. The van der Waals surface area contributed by atoms with Gasteiger partial charge in [0.1, 0.15) is 30.7 Å². The van der Waals surface area contributed by atoms with Crippen LogP contribution >= 0.6 is 15.6 Å². The molecule has 1 aliphatic rings. The normalized spacial score (nSPS) is 19.9. The Labute approximate surface area is 445 Å². The van der Waals surface area contributed by atoms with Gasteiger partial charge < -0.3 is 45.1 Å². The predicted octanol–water partition coefficient (Wildman–Crippen LogP) is 10.5. The van der Waals surface area contributed by atoms with E-state index in [1.165, 1.54) is 70.3 Å². The van der Waals surface area contributed by atoms with Crippen molar-refractivity contribution < 1.29 is 71.4 Å². The van der Waals surface area contributed by atoms with Crippen LogP contribution in [-0.4, -0.2) is 96.9 Å². The third-order valence-corrected chi connectivity index (χ3v) is 14.4. The Morgan fingerprint density at radius 3 is 1.95 bits per heavy atom. The molecule has 1 fully saturated rings. The number of unbranched alkanes of at least 4 members (excludes halogenated alkanes) is 13. The zero-order valence-corrected chi connectivity index (χ0v) is 46.4. The van der Waals surface area contributed by atoms with Crippen LogP contribution in [0.3, 0.4) is 0 Å². The number of phosphoric acid groups is 2. The van der Waals surface area contributed by atoms with E-state index in [0.29, 0.717) is 32.1 Å². The number of hydrogen-bond acceptors (Lipinski definition) is 16. The average molecular weight is 1100 g/mol. The van der Waals surface area contributed by atoms with E-state index in [0.717, 1.165) is 55.2 Å². The second kappa shape index (κ2) is 40.4. The highest BCUT2D eigenvalue weighted by atomic mass is 31.3. The zero-order chi connectivity index (χ0) is 55.2. The molecule has 0 bridgehead atoms. The molecule has 75 heavy (non-hydrogen) atoms. The van der Waals surface area contributed by atoms with Crippen LogP contribution in [0.5, 0.6) is 0 Å². The lowest BCUT2D eigenvalue weighted by Crippen LogP contribution is -2.36. The number of rotatable bonds is 43. The first-order valence-corrected chi connectivity index (χ1v) is 29.9. The molecule has 1 aliphatic heterocycles. The van der Waals surface area contributed by atoms with Crippen molar-refractivity contribution in [2.45, 2.75) is 205 Å². The summed E-state index contributed by atoms with van der Waals surface area (Å²) in [5.41, 5.74) is 4.58. The molecule has 3 unspecified atom stereocenters. The molecule has 1 saturated heterocycles. The van der Waals surface area contributed by atoms with Crippen LogP contribution in [0.1, 0.15) is 175 Å². The number of ether oxygens (including phenoxy) is 3. The molecule has 0 amide bonds. The summed E-state index contributed by atoms with van der Waals surface area (Å²) in [6.45, 7) is 4.22. The minimum absolute atomic E-state index is 0.0233. The summed E-state index contributed by atoms with van der Waals surface area (Å²) in [5.74, 6) is -0.646. The lowest BCUT2D eigenvalue weighted by molar-refractivity contribution is -0.161. The van der Waals surface area contributed by atoms with E-state index in [9.17, 15) is 48.6 Å². The largest absolute Gasteiger partial charge is 0.481 e. The van der Waals surface area contributed by atoms with Crippen LogP contribution in [0.15, 0.2) is 90.0 Å². The second-order valence-corrected chi connectivity index (χ2v) is 22.1. The summed E-state index contributed by atoms with van der Waals surface area (Å²) in [4.78, 5) is 62.0. The maximum Gasteiger partial charge on any atom is 0.481 e. The van der Waals surface area contributed by atoms with E-state index in [1.807, 2.05) is 54.7 Å². The fraction of sp³-hybridized carbons (Fsp3) is 0.667. The van der Waals surface area contributed by atoms with Gasteiger partial charge >= 0.3 is 33.3 Å². The average Bonchev–Trinajstić information content (AvgIpc) is 3.63. The highest BCUT2D eigenvalue weighted by molar-refractivity contribution is 7.61. The molecule has 7 N–H and O–H groups in total. The van der Waals surface area contributed by atoms with Gasteiger partial charge in [0.25, 0.3) is 0 Å². The first-order chi connectivity index (χ1) is 35.9. The van der Waals surface area contributed by atoms with E-state index in [-0.39, 0.29) is 18.7 Å². The minimum atomic E-state index is -5.45. The summed E-state index contributed by atoms with van der Waals surface area (Å²) in [7, 11) is -10.9. The number of aromatic nitrogens is 2. The van der Waals surface area contributed by atoms with Gasteiger partial charge in [-0.25, -0.2) is 13.9 Å². The summed E-state index contributed by atoms with van der Waals surface area (Å²) < 4.78 is 56.8. The number of nitrogens with two attached hydrogens (primary N) is 1. The van der Waals surface area contributed by atoms with Crippen LogP contribution in [0.25, 0.3) is 0 Å². The Bertz CT molecular complexity index is 2070. The van der Waals surface area contributed by atoms with Gasteiger partial charge in [-0.2, -0.15) is 9.29 Å². The monoisotopic (exact) mass is 1100 g/mol. The van der Waals surface area contributed by atoms with Crippen LogP contribution in [0.2, 0.25) is 0 Å². The fourth-order valence-electron chi connectivity index (χ4n) is 7.67. The molecular weight excluding hydrogens is 1010 g/mol. The Morgan fingerprint density at radius 1 is 0.747 bits per heavy atom. The molecule has 2 heterocycles. The quantitative estimate of drug-likeness (QED) is 0.0116. The van der Waals surface area contributed by atoms with Crippen molar-refractivity contribution in [1.29, 1.82) is 0 Å². The van der Waals surface area contributed by atoms with Crippen molar-refractivity contribution in [2.75, 3.05) is 25.6 Å². The van der Waals surface area contributed by atoms with Gasteiger partial charge in [-0.05, 0) is 56.9 Å². The van der Waals surface area contributed by atoms with Crippen LogP contribution < -0.4 is 11.4 Å². The van der Waals surface area contributed by atoms with E-state index in [4.69, 9.17) is 29.0 Å². The Hall–Kier alpha value is -3.84. The van der Waals surface area contributed by atoms with Crippen molar-refractivity contribution in [3.8, 4) is 0 Å². The molecule has 0 radical (unpaired) electrons. The van der Waals surface area contributed by atoms with Gasteiger partial charge in [-0.15, -0.1) is 0 Å². The molecule has 1 aromatic rings. The number of phosphoric ester groups is 2. The first kappa shape index (κ1) is 67.3. The summed E-state index contributed by atoms with van der Waals surface area (Å²) >= 11 is 0. The number of nitrogens with zero attached hydrogens (tertiary/aromatic N) is 2. The third kappa shape index (κ3) is 33.8.